The highest BCUT2D eigenvalue weighted by Gasteiger charge is 2.63. The number of carbonyl (C=O) groups excluding carboxylic acids is 1. The average Bonchev–Trinajstić information content (AvgIpc) is 3.39. The van der Waals surface area contributed by atoms with E-state index in [1.165, 1.54) is 11.1 Å². The third-order valence-corrected chi connectivity index (χ3v) is 8.99. The number of aromatic nitrogens is 3. The molecule has 0 aliphatic heterocycles. The maximum Gasteiger partial charge on any atom is 0.243 e. The summed E-state index contributed by atoms with van der Waals surface area (Å²) >= 11 is 0. The largest absolute Gasteiger partial charge is 0.508 e. The molecule has 2 saturated carbocycles. The molecule has 1 aromatic heterocycles. The van der Waals surface area contributed by atoms with Crippen molar-refractivity contribution in [2.75, 3.05) is 0 Å². The number of aromatic hydroxyl groups is 1. The molecule has 5 atom stereocenters. The van der Waals surface area contributed by atoms with Gasteiger partial charge in [0.1, 0.15) is 17.0 Å². The molecular formula is C25H34N4O4. The van der Waals surface area contributed by atoms with Crippen molar-refractivity contribution in [1.29, 1.82) is 0 Å². The standard InChI is InChI=1S/C25H34N4O4/c1-24-11-9-19-18-8-6-17(30)14-16(18)5-7-20(19)21(24)10-12-25(24,32)22-15-29(28-26-22)13-3-2-4-23(31)27-33/h6,8,14-15,19-21,30,32-33H,2-5,7,9-13H2,1H3,(H,27,31)/t19-,20-,21+,24+,25-/m1/s1. The van der Waals surface area contributed by atoms with Gasteiger partial charge in [-0.05, 0) is 92.4 Å². The van der Waals surface area contributed by atoms with Crippen molar-refractivity contribution < 1.29 is 20.2 Å². The SMILES string of the molecule is C[C@]12CC[C@@H]3c4ccc(O)cc4CC[C@H]3[C@@H]1CC[C@@]2(O)c1cn(CCCCC(=O)NO)nn1. The van der Waals surface area contributed by atoms with E-state index in [1.807, 2.05) is 18.3 Å². The molecule has 0 bridgehead atoms. The van der Waals surface area contributed by atoms with Crippen molar-refractivity contribution >= 4 is 5.91 Å². The normalized spacial score (nSPS) is 32.6. The lowest BCUT2D eigenvalue weighted by Gasteiger charge is -2.52. The molecule has 178 valence electrons. The van der Waals surface area contributed by atoms with E-state index in [1.54, 1.807) is 10.2 Å². The summed E-state index contributed by atoms with van der Waals surface area (Å²) in [5, 5.41) is 39.2. The molecular weight excluding hydrogens is 420 g/mol. The maximum absolute atomic E-state index is 12.0. The zero-order valence-electron chi connectivity index (χ0n) is 19.2. The minimum atomic E-state index is -0.979. The fraction of sp³-hybridized carbons (Fsp3) is 0.640. The van der Waals surface area contributed by atoms with Crippen LogP contribution in [0.3, 0.4) is 0 Å². The Kier molecular flexibility index (Phi) is 5.69. The Morgan fingerprint density at radius 2 is 2.09 bits per heavy atom. The number of phenols is 1. The summed E-state index contributed by atoms with van der Waals surface area (Å²) in [5.41, 5.74) is 3.78. The first kappa shape index (κ1) is 22.3. The van der Waals surface area contributed by atoms with Crippen molar-refractivity contribution in [3.05, 3.63) is 41.2 Å². The van der Waals surface area contributed by atoms with Crippen molar-refractivity contribution in [3.63, 3.8) is 0 Å². The number of nitrogens with one attached hydrogen (secondary N) is 1. The van der Waals surface area contributed by atoms with Crippen molar-refractivity contribution in [1.82, 2.24) is 20.5 Å². The summed E-state index contributed by atoms with van der Waals surface area (Å²) in [6, 6.07) is 5.86. The Bertz CT molecular complexity index is 1040. The van der Waals surface area contributed by atoms with Crippen LogP contribution in [0.1, 0.15) is 81.0 Å². The molecule has 3 aliphatic carbocycles. The number of phenolic OH excluding ortho intramolecular Hbond substituents is 1. The number of fused-ring (bicyclic) bond motifs is 5. The lowest BCUT2D eigenvalue weighted by molar-refractivity contribution is -0.129. The average molecular weight is 455 g/mol. The number of hydrogen-bond donors (Lipinski definition) is 4. The number of benzene rings is 1. The molecule has 4 N–H and O–H groups in total. The van der Waals surface area contributed by atoms with Gasteiger partial charge in [-0.1, -0.05) is 18.2 Å². The Labute approximate surface area is 194 Å². The first-order valence-corrected chi connectivity index (χ1v) is 12.2. The van der Waals surface area contributed by atoms with Crippen LogP contribution in [0.15, 0.2) is 24.4 Å². The molecule has 8 heteroatoms. The third kappa shape index (κ3) is 3.64. The number of hydrogen-bond acceptors (Lipinski definition) is 6. The highest BCUT2D eigenvalue weighted by atomic mass is 16.5. The molecule has 0 unspecified atom stereocenters. The molecule has 1 amide bonds. The Morgan fingerprint density at radius 1 is 1.24 bits per heavy atom. The highest BCUT2D eigenvalue weighted by molar-refractivity contribution is 5.74. The van der Waals surface area contributed by atoms with Crippen LogP contribution < -0.4 is 5.48 Å². The van der Waals surface area contributed by atoms with Crippen LogP contribution >= 0.6 is 0 Å². The van der Waals surface area contributed by atoms with Gasteiger partial charge in [0.05, 0.1) is 6.20 Å². The van der Waals surface area contributed by atoms with E-state index in [0.29, 0.717) is 48.6 Å². The molecule has 0 radical (unpaired) electrons. The number of unbranched alkanes of at least 4 members (excludes halogenated alkanes) is 1. The van der Waals surface area contributed by atoms with Gasteiger partial charge in [0, 0.05) is 18.4 Å². The van der Waals surface area contributed by atoms with Crippen LogP contribution in [0.2, 0.25) is 0 Å². The van der Waals surface area contributed by atoms with Gasteiger partial charge in [0.15, 0.2) is 0 Å². The van der Waals surface area contributed by atoms with E-state index in [-0.39, 0.29) is 17.7 Å². The fourth-order valence-corrected chi connectivity index (χ4v) is 7.22. The fourth-order valence-electron chi connectivity index (χ4n) is 7.22. The number of nitrogens with zero attached hydrogens (tertiary/aromatic N) is 3. The van der Waals surface area contributed by atoms with Gasteiger partial charge in [-0.2, -0.15) is 0 Å². The molecule has 0 spiro atoms. The minimum absolute atomic E-state index is 0.233. The highest BCUT2D eigenvalue weighted by Crippen LogP contribution is 2.66. The summed E-state index contributed by atoms with van der Waals surface area (Å²) in [7, 11) is 0. The maximum atomic E-state index is 12.0. The van der Waals surface area contributed by atoms with Crippen molar-refractivity contribution in [2.45, 2.75) is 82.8 Å². The second-order valence-corrected chi connectivity index (χ2v) is 10.5. The topological polar surface area (TPSA) is 120 Å². The quantitative estimate of drug-likeness (QED) is 0.302. The second-order valence-electron chi connectivity index (χ2n) is 10.5. The van der Waals surface area contributed by atoms with Gasteiger partial charge < -0.3 is 10.2 Å². The minimum Gasteiger partial charge on any atom is -0.508 e. The third-order valence-electron chi connectivity index (χ3n) is 8.99. The van der Waals surface area contributed by atoms with E-state index in [9.17, 15) is 15.0 Å². The van der Waals surface area contributed by atoms with Crippen molar-refractivity contribution in [2.24, 2.45) is 17.3 Å². The predicted octanol–water partition coefficient (Wildman–Crippen LogP) is 3.40. The number of aliphatic hydroxyl groups is 1. The Morgan fingerprint density at radius 3 is 2.91 bits per heavy atom. The van der Waals surface area contributed by atoms with Gasteiger partial charge in [0.25, 0.3) is 0 Å². The van der Waals surface area contributed by atoms with Gasteiger partial charge in [-0.15, -0.1) is 5.10 Å². The summed E-state index contributed by atoms with van der Waals surface area (Å²) < 4.78 is 1.76. The molecule has 2 aromatic rings. The molecule has 0 saturated heterocycles. The van der Waals surface area contributed by atoms with E-state index < -0.39 is 5.60 Å². The zero-order chi connectivity index (χ0) is 23.2. The lowest BCUT2D eigenvalue weighted by atomic mass is 9.53. The van der Waals surface area contributed by atoms with E-state index in [4.69, 9.17) is 5.21 Å². The van der Waals surface area contributed by atoms with Crippen LogP contribution in [0.25, 0.3) is 0 Å². The molecule has 8 nitrogen and oxygen atoms in total. The molecule has 2 fully saturated rings. The molecule has 1 aromatic carbocycles. The first-order chi connectivity index (χ1) is 15.9. The number of amides is 1. The second kappa shape index (κ2) is 8.40. The van der Waals surface area contributed by atoms with Crippen LogP contribution in [-0.2, 0) is 23.4 Å². The summed E-state index contributed by atoms with van der Waals surface area (Å²) in [4.78, 5) is 11.2. The molecule has 5 rings (SSSR count). The number of carbonyl (C=O) groups is 1. The van der Waals surface area contributed by atoms with Gasteiger partial charge in [-0.3, -0.25) is 14.7 Å². The first-order valence-electron chi connectivity index (χ1n) is 12.2. The van der Waals surface area contributed by atoms with Crippen LogP contribution in [0, 0.1) is 17.3 Å². The molecule has 1 heterocycles. The summed E-state index contributed by atoms with van der Waals surface area (Å²) in [5.74, 6) is 1.45. The number of rotatable bonds is 6. The van der Waals surface area contributed by atoms with Crippen LogP contribution in [0.4, 0.5) is 0 Å². The Hall–Kier alpha value is -2.45. The predicted molar refractivity (Wildman–Crippen MR) is 120 cm³/mol. The van der Waals surface area contributed by atoms with E-state index >= 15 is 0 Å². The van der Waals surface area contributed by atoms with Crippen molar-refractivity contribution in [3.8, 4) is 5.75 Å². The zero-order valence-corrected chi connectivity index (χ0v) is 19.2. The van der Waals surface area contributed by atoms with E-state index in [0.717, 1.165) is 38.5 Å². The lowest BCUT2D eigenvalue weighted by Crippen LogP contribution is -2.49. The Balaban J connectivity index is 1.31. The van der Waals surface area contributed by atoms with Crippen LogP contribution in [-0.4, -0.2) is 36.3 Å². The summed E-state index contributed by atoms with van der Waals surface area (Å²) in [6.45, 7) is 2.87. The molecule has 33 heavy (non-hydrogen) atoms. The number of aryl methyl sites for hydroxylation is 2. The molecule has 3 aliphatic rings. The van der Waals surface area contributed by atoms with Gasteiger partial charge in [-0.25, -0.2) is 5.48 Å². The van der Waals surface area contributed by atoms with Gasteiger partial charge in [0.2, 0.25) is 5.91 Å². The monoisotopic (exact) mass is 454 g/mol. The summed E-state index contributed by atoms with van der Waals surface area (Å²) in [6.07, 6.45) is 9.31. The van der Waals surface area contributed by atoms with Gasteiger partial charge >= 0.3 is 0 Å². The smallest absolute Gasteiger partial charge is 0.243 e. The van der Waals surface area contributed by atoms with Crippen LogP contribution in [0.5, 0.6) is 5.75 Å². The van der Waals surface area contributed by atoms with E-state index in [2.05, 4.69) is 23.3 Å². The number of hydroxylamine groups is 1.